The van der Waals surface area contributed by atoms with Gasteiger partial charge in [-0.3, -0.25) is 5.01 Å². The van der Waals surface area contributed by atoms with Gasteiger partial charge in [0, 0.05) is 24.4 Å². The summed E-state index contributed by atoms with van der Waals surface area (Å²) in [5.41, 5.74) is 6.61. The zero-order valence-electron chi connectivity index (χ0n) is 8.88. The Kier molecular flexibility index (Phi) is 2.81. The van der Waals surface area contributed by atoms with Gasteiger partial charge < -0.3 is 10.5 Å². The van der Waals surface area contributed by atoms with Crippen LogP contribution in [-0.4, -0.2) is 11.1 Å². The Morgan fingerprint density at radius 1 is 1.41 bits per heavy atom. The van der Waals surface area contributed by atoms with Crippen LogP contribution in [0.2, 0.25) is 0 Å². The van der Waals surface area contributed by atoms with E-state index < -0.39 is 5.97 Å². The summed E-state index contributed by atoms with van der Waals surface area (Å²) in [7, 11) is 0. The lowest BCUT2D eigenvalue weighted by Crippen LogP contribution is -2.35. The molecule has 2 N–H and O–H groups in total. The van der Waals surface area contributed by atoms with Gasteiger partial charge in [-0.1, -0.05) is 18.2 Å². The minimum atomic E-state index is -0.868. The molecule has 0 aliphatic carbocycles. The average molecular weight is 251 g/mol. The standard InChI is InChI=1S/C12H10N2O2.ClH/c15-12(16)10-6-9-3-1-2-8-4-5-13-14(7-10)11(8)9;/h1-5,7,13H,6H2,(H,15,16);1H. The second kappa shape index (κ2) is 4.14. The van der Waals surface area contributed by atoms with Crippen molar-refractivity contribution in [2.24, 2.45) is 0 Å². The van der Waals surface area contributed by atoms with Crippen molar-refractivity contribution in [3.8, 4) is 0 Å². The van der Waals surface area contributed by atoms with E-state index in [0.717, 1.165) is 16.8 Å². The summed E-state index contributed by atoms with van der Waals surface area (Å²) < 4.78 is 0. The van der Waals surface area contributed by atoms with Gasteiger partial charge in [0.1, 0.15) is 0 Å². The van der Waals surface area contributed by atoms with Gasteiger partial charge in [-0.05, 0) is 11.6 Å². The lowest BCUT2D eigenvalue weighted by atomic mass is 9.96. The molecule has 17 heavy (non-hydrogen) atoms. The lowest BCUT2D eigenvalue weighted by Gasteiger charge is -2.31. The van der Waals surface area contributed by atoms with E-state index in [4.69, 9.17) is 5.11 Å². The van der Waals surface area contributed by atoms with Gasteiger partial charge in [0.2, 0.25) is 0 Å². The van der Waals surface area contributed by atoms with Crippen LogP contribution in [0.25, 0.3) is 6.08 Å². The topological polar surface area (TPSA) is 52.6 Å². The van der Waals surface area contributed by atoms with Crippen LogP contribution in [0.5, 0.6) is 0 Å². The van der Waals surface area contributed by atoms with E-state index in [2.05, 4.69) is 5.43 Å². The number of anilines is 1. The second-order valence-corrected chi connectivity index (χ2v) is 3.82. The maximum absolute atomic E-state index is 11.0. The lowest BCUT2D eigenvalue weighted by molar-refractivity contribution is -0.132. The van der Waals surface area contributed by atoms with Crippen molar-refractivity contribution in [1.82, 2.24) is 5.43 Å². The van der Waals surface area contributed by atoms with Crippen molar-refractivity contribution in [2.45, 2.75) is 6.42 Å². The number of carboxylic acids is 1. The van der Waals surface area contributed by atoms with Crippen molar-refractivity contribution in [3.63, 3.8) is 0 Å². The van der Waals surface area contributed by atoms with E-state index in [1.54, 1.807) is 17.4 Å². The summed E-state index contributed by atoms with van der Waals surface area (Å²) in [4.78, 5) is 11.0. The molecule has 2 aliphatic heterocycles. The first kappa shape index (κ1) is 11.5. The first-order valence-electron chi connectivity index (χ1n) is 5.03. The Bertz CT molecular complexity index is 537. The highest BCUT2D eigenvalue weighted by Crippen LogP contribution is 2.33. The van der Waals surface area contributed by atoms with E-state index in [1.807, 2.05) is 24.3 Å². The minimum Gasteiger partial charge on any atom is -0.478 e. The molecule has 2 heterocycles. The maximum atomic E-state index is 11.0. The van der Waals surface area contributed by atoms with E-state index in [1.165, 1.54) is 0 Å². The Balaban J connectivity index is 0.00000108. The van der Waals surface area contributed by atoms with Gasteiger partial charge in [0.05, 0.1) is 11.3 Å². The molecule has 1 aromatic carbocycles. The van der Waals surface area contributed by atoms with Gasteiger partial charge in [0.25, 0.3) is 0 Å². The van der Waals surface area contributed by atoms with Gasteiger partial charge >= 0.3 is 5.97 Å². The predicted octanol–water partition coefficient (Wildman–Crippen LogP) is 1.93. The summed E-state index contributed by atoms with van der Waals surface area (Å²) in [6.45, 7) is 0. The molecular formula is C12H11ClN2O2. The number of rotatable bonds is 1. The molecule has 88 valence electrons. The van der Waals surface area contributed by atoms with Crippen LogP contribution in [-0.2, 0) is 11.2 Å². The normalized spacial score (nSPS) is 15.3. The van der Waals surface area contributed by atoms with Crippen molar-refractivity contribution in [3.05, 3.63) is 47.3 Å². The molecule has 0 bridgehead atoms. The third-order valence-electron chi connectivity index (χ3n) is 2.81. The second-order valence-electron chi connectivity index (χ2n) is 3.82. The fourth-order valence-electron chi connectivity index (χ4n) is 2.09. The summed E-state index contributed by atoms with van der Waals surface area (Å²) >= 11 is 0. The predicted molar refractivity (Wildman–Crippen MR) is 67.8 cm³/mol. The van der Waals surface area contributed by atoms with E-state index in [-0.39, 0.29) is 12.4 Å². The molecule has 5 heteroatoms. The maximum Gasteiger partial charge on any atom is 0.333 e. The SMILES string of the molecule is Cl.O=C(O)C1=CN2NC=Cc3cccc(c32)C1. The first-order valence-corrected chi connectivity index (χ1v) is 5.03. The molecule has 0 fully saturated rings. The van der Waals surface area contributed by atoms with Crippen LogP contribution in [0.3, 0.4) is 0 Å². The zero-order chi connectivity index (χ0) is 11.1. The number of hydrazine groups is 1. The fourth-order valence-corrected chi connectivity index (χ4v) is 2.09. The van der Waals surface area contributed by atoms with E-state index in [9.17, 15) is 4.79 Å². The fraction of sp³-hybridized carbons (Fsp3) is 0.0833. The van der Waals surface area contributed by atoms with Crippen LogP contribution in [0, 0.1) is 0 Å². The zero-order valence-corrected chi connectivity index (χ0v) is 9.70. The van der Waals surface area contributed by atoms with Gasteiger partial charge in [-0.25, -0.2) is 4.79 Å². The highest BCUT2D eigenvalue weighted by molar-refractivity contribution is 5.90. The molecule has 0 spiro atoms. The van der Waals surface area contributed by atoms with Crippen LogP contribution >= 0.6 is 12.4 Å². The quantitative estimate of drug-likeness (QED) is 0.800. The molecule has 0 radical (unpaired) electrons. The summed E-state index contributed by atoms with van der Waals surface area (Å²) in [6, 6.07) is 5.93. The van der Waals surface area contributed by atoms with Crippen LogP contribution in [0.1, 0.15) is 11.1 Å². The number of hydrogen-bond acceptors (Lipinski definition) is 3. The Labute approximate surface area is 105 Å². The number of carboxylic acid groups (broad SMARTS) is 1. The molecule has 2 aliphatic rings. The highest BCUT2D eigenvalue weighted by Gasteiger charge is 2.23. The highest BCUT2D eigenvalue weighted by atomic mass is 35.5. The number of nitrogens with one attached hydrogen (secondary N) is 1. The van der Waals surface area contributed by atoms with Gasteiger partial charge in [0.15, 0.2) is 0 Å². The van der Waals surface area contributed by atoms with E-state index >= 15 is 0 Å². The summed E-state index contributed by atoms with van der Waals surface area (Å²) in [6.07, 6.45) is 5.89. The number of hydrogen-bond donors (Lipinski definition) is 2. The number of para-hydroxylation sites is 1. The van der Waals surface area contributed by atoms with Crippen molar-refractivity contribution in [1.29, 1.82) is 0 Å². The molecule has 0 saturated carbocycles. The summed E-state index contributed by atoms with van der Waals surface area (Å²) in [5, 5.41) is 10.8. The number of aliphatic carboxylic acids is 1. The first-order chi connectivity index (χ1) is 7.75. The average Bonchev–Trinajstić information content (AvgIpc) is 2.29. The molecule has 1 aromatic rings. The van der Waals surface area contributed by atoms with Crippen molar-refractivity contribution < 1.29 is 9.90 Å². The third kappa shape index (κ3) is 1.76. The van der Waals surface area contributed by atoms with Crippen LogP contribution in [0.4, 0.5) is 5.69 Å². The number of halogens is 1. The molecule has 0 aromatic heterocycles. The van der Waals surface area contributed by atoms with Gasteiger partial charge in [-0.15, -0.1) is 12.4 Å². The van der Waals surface area contributed by atoms with Crippen molar-refractivity contribution in [2.75, 3.05) is 5.01 Å². The van der Waals surface area contributed by atoms with Crippen molar-refractivity contribution >= 4 is 30.1 Å². The van der Waals surface area contributed by atoms with Crippen LogP contribution < -0.4 is 10.4 Å². The molecule has 3 rings (SSSR count). The van der Waals surface area contributed by atoms with E-state index in [0.29, 0.717) is 12.0 Å². The third-order valence-corrected chi connectivity index (χ3v) is 2.81. The van der Waals surface area contributed by atoms with Gasteiger partial charge in [-0.2, -0.15) is 0 Å². The molecule has 0 unspecified atom stereocenters. The largest absolute Gasteiger partial charge is 0.478 e. The number of nitrogens with zero attached hydrogens (tertiary/aromatic N) is 1. The Hall–Kier alpha value is -1.94. The number of carbonyl (C=O) groups is 1. The molecule has 0 saturated heterocycles. The van der Waals surface area contributed by atoms with Crippen LogP contribution in [0.15, 0.2) is 36.2 Å². The minimum absolute atomic E-state index is 0. The monoisotopic (exact) mass is 250 g/mol. The molecule has 0 atom stereocenters. The molecule has 4 nitrogen and oxygen atoms in total. The Morgan fingerprint density at radius 3 is 3.00 bits per heavy atom. The molecular weight excluding hydrogens is 240 g/mol. The molecule has 0 amide bonds. The smallest absolute Gasteiger partial charge is 0.333 e. The number of benzene rings is 1. The summed E-state index contributed by atoms with van der Waals surface area (Å²) in [5.74, 6) is -0.868. The Morgan fingerprint density at radius 2 is 2.24 bits per heavy atom.